The maximum absolute atomic E-state index is 11.2. The average Bonchev–Trinajstić information content (AvgIpc) is 2.74. The number of imidazole rings is 1. The van der Waals surface area contributed by atoms with Crippen molar-refractivity contribution < 1.29 is 14.6 Å². The highest BCUT2D eigenvalue weighted by molar-refractivity contribution is 5.94. The normalized spacial score (nSPS) is 10.5. The SMILES string of the molecule is COc1cc(C)c(C)cc1-c1c(C(=O)O)ncn1C. The number of hydrogen-bond acceptors (Lipinski definition) is 3. The minimum atomic E-state index is -1.05. The third-order valence-corrected chi connectivity index (χ3v) is 3.21. The van der Waals surface area contributed by atoms with Crippen LogP contribution < -0.4 is 4.74 Å². The summed E-state index contributed by atoms with van der Waals surface area (Å²) in [6.45, 7) is 3.97. The molecule has 0 amide bonds. The lowest BCUT2D eigenvalue weighted by molar-refractivity contribution is 0.0692. The lowest BCUT2D eigenvalue weighted by Crippen LogP contribution is -2.03. The van der Waals surface area contributed by atoms with Crippen LogP contribution in [0.3, 0.4) is 0 Å². The largest absolute Gasteiger partial charge is 0.496 e. The molecule has 1 N–H and O–H groups in total. The second-order valence-corrected chi connectivity index (χ2v) is 4.49. The number of hydrogen-bond donors (Lipinski definition) is 1. The molecule has 1 aromatic heterocycles. The minimum Gasteiger partial charge on any atom is -0.496 e. The summed E-state index contributed by atoms with van der Waals surface area (Å²) in [6, 6.07) is 3.83. The molecule has 0 fully saturated rings. The first kappa shape index (κ1) is 13.1. The Bertz CT molecular complexity index is 644. The Balaban J connectivity index is 2.75. The molecule has 1 heterocycles. The number of aromatic nitrogens is 2. The number of rotatable bonds is 3. The van der Waals surface area contributed by atoms with Crippen LogP contribution >= 0.6 is 0 Å². The summed E-state index contributed by atoms with van der Waals surface area (Å²) in [7, 11) is 3.34. The van der Waals surface area contributed by atoms with Crippen molar-refractivity contribution >= 4 is 5.97 Å². The fourth-order valence-electron chi connectivity index (χ4n) is 2.05. The number of ether oxygens (including phenoxy) is 1. The second-order valence-electron chi connectivity index (χ2n) is 4.49. The first-order valence-corrected chi connectivity index (χ1v) is 5.86. The van der Waals surface area contributed by atoms with Gasteiger partial charge in [0.1, 0.15) is 5.75 Å². The standard InChI is InChI=1S/C14H16N2O3/c1-8-5-10(11(19-4)6-9(8)2)13-12(14(17)18)15-7-16(13)3/h5-7H,1-4H3,(H,17,18). The Morgan fingerprint density at radius 2 is 1.95 bits per heavy atom. The van der Waals surface area contributed by atoms with Crippen LogP contribution in [-0.2, 0) is 7.05 Å². The van der Waals surface area contributed by atoms with Gasteiger partial charge in [-0.1, -0.05) is 0 Å². The van der Waals surface area contributed by atoms with E-state index in [0.717, 1.165) is 16.7 Å². The number of carbonyl (C=O) groups is 1. The van der Waals surface area contributed by atoms with Crippen molar-refractivity contribution in [3.63, 3.8) is 0 Å². The second kappa shape index (κ2) is 4.76. The Kier molecular flexibility index (Phi) is 3.29. The lowest BCUT2D eigenvalue weighted by atomic mass is 10.0. The molecule has 1 aromatic carbocycles. The topological polar surface area (TPSA) is 64.3 Å². The van der Waals surface area contributed by atoms with E-state index < -0.39 is 5.97 Å². The predicted molar refractivity (Wildman–Crippen MR) is 71.6 cm³/mol. The third-order valence-electron chi connectivity index (χ3n) is 3.21. The quantitative estimate of drug-likeness (QED) is 0.920. The minimum absolute atomic E-state index is 0.0315. The van der Waals surface area contributed by atoms with Crippen molar-refractivity contribution in [3.05, 3.63) is 35.3 Å². The molecule has 19 heavy (non-hydrogen) atoms. The summed E-state index contributed by atoms with van der Waals surface area (Å²) in [6.07, 6.45) is 1.49. The maximum atomic E-state index is 11.2. The Morgan fingerprint density at radius 3 is 2.53 bits per heavy atom. The molecular formula is C14H16N2O3. The molecule has 0 atom stereocenters. The van der Waals surface area contributed by atoms with Crippen molar-refractivity contribution in [3.8, 4) is 17.0 Å². The molecular weight excluding hydrogens is 244 g/mol. The zero-order chi connectivity index (χ0) is 14.2. The third kappa shape index (κ3) is 2.19. The van der Waals surface area contributed by atoms with Gasteiger partial charge in [-0.2, -0.15) is 0 Å². The Morgan fingerprint density at radius 1 is 1.32 bits per heavy atom. The van der Waals surface area contributed by atoms with Gasteiger partial charge < -0.3 is 14.4 Å². The molecule has 0 aliphatic rings. The van der Waals surface area contributed by atoms with Crippen LogP contribution in [0.4, 0.5) is 0 Å². The van der Waals surface area contributed by atoms with Crippen LogP contribution in [0.15, 0.2) is 18.5 Å². The van der Waals surface area contributed by atoms with Crippen LogP contribution in [0, 0.1) is 13.8 Å². The first-order chi connectivity index (χ1) is 8.95. The Hall–Kier alpha value is -2.30. The van der Waals surface area contributed by atoms with E-state index >= 15 is 0 Å². The average molecular weight is 260 g/mol. The van der Waals surface area contributed by atoms with Gasteiger partial charge >= 0.3 is 5.97 Å². The van der Waals surface area contributed by atoms with E-state index in [1.165, 1.54) is 6.33 Å². The van der Waals surface area contributed by atoms with E-state index in [-0.39, 0.29) is 5.69 Å². The van der Waals surface area contributed by atoms with E-state index in [4.69, 9.17) is 4.74 Å². The smallest absolute Gasteiger partial charge is 0.356 e. The number of carboxylic acid groups (broad SMARTS) is 1. The zero-order valence-electron chi connectivity index (χ0n) is 11.4. The van der Waals surface area contributed by atoms with Crippen molar-refractivity contribution in [2.24, 2.45) is 7.05 Å². The molecule has 0 radical (unpaired) electrons. The molecule has 0 unspecified atom stereocenters. The van der Waals surface area contributed by atoms with Gasteiger partial charge in [0.05, 0.1) is 19.1 Å². The summed E-state index contributed by atoms with van der Waals surface area (Å²) in [5.74, 6) is -0.398. The summed E-state index contributed by atoms with van der Waals surface area (Å²) in [4.78, 5) is 15.2. The lowest BCUT2D eigenvalue weighted by Gasteiger charge is -2.13. The van der Waals surface area contributed by atoms with E-state index in [2.05, 4.69) is 4.98 Å². The van der Waals surface area contributed by atoms with Gasteiger partial charge in [0.25, 0.3) is 0 Å². The van der Waals surface area contributed by atoms with Gasteiger partial charge in [-0.15, -0.1) is 0 Å². The van der Waals surface area contributed by atoms with E-state index in [0.29, 0.717) is 11.4 Å². The van der Waals surface area contributed by atoms with Crippen molar-refractivity contribution in [2.45, 2.75) is 13.8 Å². The van der Waals surface area contributed by atoms with Crippen molar-refractivity contribution in [1.82, 2.24) is 9.55 Å². The van der Waals surface area contributed by atoms with Gasteiger partial charge in [0, 0.05) is 12.6 Å². The molecule has 0 bridgehead atoms. The fourth-order valence-corrected chi connectivity index (χ4v) is 2.05. The highest BCUT2D eigenvalue weighted by Gasteiger charge is 2.20. The maximum Gasteiger partial charge on any atom is 0.356 e. The molecule has 5 heteroatoms. The van der Waals surface area contributed by atoms with E-state index in [1.807, 2.05) is 26.0 Å². The summed E-state index contributed by atoms with van der Waals surface area (Å²) in [5, 5.41) is 9.21. The molecule has 0 aliphatic heterocycles. The molecule has 2 aromatic rings. The Labute approximate surface area is 111 Å². The fraction of sp³-hybridized carbons (Fsp3) is 0.286. The number of benzene rings is 1. The molecule has 0 aliphatic carbocycles. The monoisotopic (exact) mass is 260 g/mol. The van der Waals surface area contributed by atoms with Gasteiger partial charge in [-0.3, -0.25) is 0 Å². The van der Waals surface area contributed by atoms with Crippen molar-refractivity contribution in [1.29, 1.82) is 0 Å². The summed E-state index contributed by atoms with van der Waals surface area (Å²) >= 11 is 0. The van der Waals surface area contributed by atoms with Gasteiger partial charge in [0.2, 0.25) is 0 Å². The van der Waals surface area contributed by atoms with Crippen LogP contribution in [-0.4, -0.2) is 27.7 Å². The van der Waals surface area contributed by atoms with Gasteiger partial charge in [-0.05, 0) is 37.1 Å². The van der Waals surface area contributed by atoms with Gasteiger partial charge in [0.15, 0.2) is 5.69 Å². The molecule has 5 nitrogen and oxygen atoms in total. The van der Waals surface area contributed by atoms with E-state index in [1.54, 1.807) is 18.7 Å². The molecule has 2 rings (SSSR count). The zero-order valence-corrected chi connectivity index (χ0v) is 11.4. The highest BCUT2D eigenvalue weighted by atomic mass is 16.5. The highest BCUT2D eigenvalue weighted by Crippen LogP contribution is 2.34. The van der Waals surface area contributed by atoms with Crippen LogP contribution in [0.2, 0.25) is 0 Å². The number of nitrogens with zero attached hydrogens (tertiary/aromatic N) is 2. The molecule has 0 spiro atoms. The summed E-state index contributed by atoms with van der Waals surface area (Å²) < 4.78 is 7.05. The molecule has 0 saturated heterocycles. The van der Waals surface area contributed by atoms with Crippen molar-refractivity contribution in [2.75, 3.05) is 7.11 Å². The molecule has 0 saturated carbocycles. The number of methoxy groups -OCH3 is 1. The number of aryl methyl sites for hydroxylation is 3. The number of aromatic carboxylic acids is 1. The number of carboxylic acids is 1. The van der Waals surface area contributed by atoms with Crippen LogP contribution in [0.5, 0.6) is 5.75 Å². The first-order valence-electron chi connectivity index (χ1n) is 5.86. The summed E-state index contributed by atoms with van der Waals surface area (Å²) in [5.41, 5.74) is 3.49. The van der Waals surface area contributed by atoms with E-state index in [9.17, 15) is 9.90 Å². The predicted octanol–water partition coefficient (Wildman–Crippen LogP) is 2.41. The van der Waals surface area contributed by atoms with Gasteiger partial charge in [-0.25, -0.2) is 9.78 Å². The van der Waals surface area contributed by atoms with Crippen LogP contribution in [0.1, 0.15) is 21.6 Å². The van der Waals surface area contributed by atoms with Crippen LogP contribution in [0.25, 0.3) is 11.3 Å². The molecule has 100 valence electrons.